The number of nitrogens with zero attached hydrogens (tertiary/aromatic N) is 6. The lowest BCUT2D eigenvalue weighted by Gasteiger charge is -2.40. The number of nitrogens with one attached hydrogen (secondary N) is 2. The Labute approximate surface area is 282 Å². The van der Waals surface area contributed by atoms with Crippen molar-refractivity contribution in [3.8, 4) is 6.07 Å². The van der Waals surface area contributed by atoms with Gasteiger partial charge in [-0.25, -0.2) is 9.07 Å². The molecule has 3 aromatic carbocycles. The summed E-state index contributed by atoms with van der Waals surface area (Å²) in [4.78, 5) is 6.93. The summed E-state index contributed by atoms with van der Waals surface area (Å²) < 4.78 is 16.9. The Morgan fingerprint density at radius 1 is 1.02 bits per heavy atom. The molecular formula is C34H32Cl3FN8. The summed E-state index contributed by atoms with van der Waals surface area (Å²) in [6.45, 7) is 8.72. The third-order valence-electron chi connectivity index (χ3n) is 8.38. The number of anilines is 3. The van der Waals surface area contributed by atoms with Crippen molar-refractivity contribution in [3.05, 3.63) is 105 Å². The molecule has 1 saturated heterocycles. The zero-order valence-corrected chi connectivity index (χ0v) is 27.8. The van der Waals surface area contributed by atoms with E-state index in [1.807, 2.05) is 41.2 Å². The molecule has 0 radical (unpaired) electrons. The standard InChI is InChI=1S/C34H32Cl3FN8/c1-34(2,3)45-13-11-24(12-14-45)46-19-29(43-44-46)32(20-7-9-22(35)10-8-20)41-23-15-25-31(42-28-6-4-5-26(36)30(28)38)21(17-39)18-40-33(25)27(37)16-23/h4-10,15-16,18-19,24,32,41H,11-14H2,1-3H3,(H,40,42). The zero-order chi connectivity index (χ0) is 32.6. The predicted octanol–water partition coefficient (Wildman–Crippen LogP) is 9.18. The Kier molecular flexibility index (Phi) is 9.08. The van der Waals surface area contributed by atoms with Crippen LogP contribution in [0.3, 0.4) is 0 Å². The van der Waals surface area contributed by atoms with E-state index in [4.69, 9.17) is 34.8 Å². The van der Waals surface area contributed by atoms with Gasteiger partial charge in [0.2, 0.25) is 0 Å². The largest absolute Gasteiger partial charge is 0.373 e. The van der Waals surface area contributed by atoms with Gasteiger partial charge >= 0.3 is 0 Å². The highest BCUT2D eigenvalue weighted by Crippen LogP contribution is 2.38. The molecule has 46 heavy (non-hydrogen) atoms. The van der Waals surface area contributed by atoms with E-state index in [9.17, 15) is 9.65 Å². The van der Waals surface area contributed by atoms with Crippen LogP contribution in [0.15, 0.2) is 67.0 Å². The maximum Gasteiger partial charge on any atom is 0.165 e. The predicted molar refractivity (Wildman–Crippen MR) is 183 cm³/mol. The molecule has 236 valence electrons. The summed E-state index contributed by atoms with van der Waals surface area (Å²) in [5.41, 5.74) is 3.55. The Morgan fingerprint density at radius 2 is 1.76 bits per heavy atom. The molecule has 0 saturated carbocycles. The molecule has 6 rings (SSSR count). The smallest absolute Gasteiger partial charge is 0.165 e. The van der Waals surface area contributed by atoms with Crippen molar-refractivity contribution in [2.24, 2.45) is 0 Å². The number of halogens is 4. The molecule has 3 heterocycles. The molecule has 2 aromatic heterocycles. The van der Waals surface area contributed by atoms with Gasteiger partial charge in [-0.05, 0) is 75.6 Å². The van der Waals surface area contributed by atoms with Crippen LogP contribution in [-0.2, 0) is 0 Å². The lowest BCUT2D eigenvalue weighted by molar-refractivity contribution is 0.0866. The van der Waals surface area contributed by atoms with E-state index in [2.05, 4.69) is 57.7 Å². The SMILES string of the molecule is CC(C)(C)N1CCC(n2cc(C(Nc3cc(Cl)c4ncc(C#N)c(Nc5cccc(Cl)c5F)c4c3)c3ccc(Cl)cc3)nn2)CC1. The van der Waals surface area contributed by atoms with Crippen LogP contribution in [0.2, 0.25) is 15.1 Å². The van der Waals surface area contributed by atoms with Crippen LogP contribution in [0, 0.1) is 17.1 Å². The summed E-state index contributed by atoms with van der Waals surface area (Å²) in [7, 11) is 0. The molecule has 0 amide bonds. The average Bonchev–Trinajstić information content (AvgIpc) is 3.53. The fourth-order valence-corrected chi connectivity index (χ4v) is 6.42. The van der Waals surface area contributed by atoms with Gasteiger partial charge in [-0.2, -0.15) is 5.26 Å². The van der Waals surface area contributed by atoms with Crippen molar-refractivity contribution < 1.29 is 4.39 Å². The van der Waals surface area contributed by atoms with Gasteiger partial charge in [0.25, 0.3) is 0 Å². The van der Waals surface area contributed by atoms with Crippen LogP contribution in [0.5, 0.6) is 0 Å². The van der Waals surface area contributed by atoms with Crippen molar-refractivity contribution in [3.63, 3.8) is 0 Å². The maximum absolute atomic E-state index is 14.9. The van der Waals surface area contributed by atoms with Gasteiger partial charge in [0.15, 0.2) is 5.82 Å². The third-order valence-corrected chi connectivity index (χ3v) is 9.21. The van der Waals surface area contributed by atoms with Gasteiger partial charge in [0, 0.05) is 40.9 Å². The van der Waals surface area contributed by atoms with E-state index in [0.717, 1.165) is 37.2 Å². The quantitative estimate of drug-likeness (QED) is 0.177. The molecule has 1 atom stereocenters. The highest BCUT2D eigenvalue weighted by Gasteiger charge is 2.29. The van der Waals surface area contributed by atoms with Crippen molar-refractivity contribution in [1.29, 1.82) is 5.26 Å². The van der Waals surface area contributed by atoms with E-state index in [0.29, 0.717) is 32.3 Å². The number of benzene rings is 3. The second-order valence-electron chi connectivity index (χ2n) is 12.4. The molecule has 8 nitrogen and oxygen atoms in total. The van der Waals surface area contributed by atoms with Crippen molar-refractivity contribution in [2.45, 2.75) is 51.2 Å². The van der Waals surface area contributed by atoms with Gasteiger partial charge in [-0.1, -0.05) is 58.2 Å². The average molecular weight is 678 g/mol. The Hall–Kier alpha value is -3.94. The minimum absolute atomic E-state index is 0.0409. The van der Waals surface area contributed by atoms with Gasteiger partial charge in [0.05, 0.1) is 50.8 Å². The Bertz CT molecular complexity index is 1920. The van der Waals surface area contributed by atoms with E-state index in [1.165, 1.54) is 12.3 Å². The molecule has 1 unspecified atom stereocenters. The van der Waals surface area contributed by atoms with Crippen LogP contribution in [0.4, 0.5) is 21.5 Å². The van der Waals surface area contributed by atoms with Crippen LogP contribution < -0.4 is 10.6 Å². The van der Waals surface area contributed by atoms with E-state index >= 15 is 0 Å². The first-order valence-electron chi connectivity index (χ1n) is 14.9. The normalized spacial score (nSPS) is 15.1. The first-order valence-corrected chi connectivity index (χ1v) is 16.1. The van der Waals surface area contributed by atoms with Crippen molar-refractivity contribution in [1.82, 2.24) is 24.9 Å². The second kappa shape index (κ2) is 13.0. The number of pyridine rings is 1. The lowest BCUT2D eigenvalue weighted by atomic mass is 9.98. The van der Waals surface area contributed by atoms with Crippen molar-refractivity contribution in [2.75, 3.05) is 23.7 Å². The summed E-state index contributed by atoms with van der Waals surface area (Å²) in [5.74, 6) is -0.631. The molecular weight excluding hydrogens is 646 g/mol. The monoisotopic (exact) mass is 676 g/mol. The highest BCUT2D eigenvalue weighted by molar-refractivity contribution is 6.36. The van der Waals surface area contributed by atoms with Crippen molar-refractivity contribution >= 4 is 62.8 Å². The molecule has 1 fully saturated rings. The highest BCUT2D eigenvalue weighted by atomic mass is 35.5. The fraction of sp³-hybridized carbons (Fsp3) is 0.294. The van der Waals surface area contributed by atoms with E-state index < -0.39 is 11.9 Å². The summed E-state index contributed by atoms with van der Waals surface area (Å²) in [6, 6.07) is 17.7. The summed E-state index contributed by atoms with van der Waals surface area (Å²) >= 11 is 19.1. The molecule has 0 spiro atoms. The topological polar surface area (TPSA) is 94.7 Å². The third kappa shape index (κ3) is 6.62. The summed E-state index contributed by atoms with van der Waals surface area (Å²) in [5, 5.41) is 27.2. The number of fused-ring (bicyclic) bond motifs is 1. The zero-order valence-electron chi connectivity index (χ0n) is 25.5. The number of aromatic nitrogens is 4. The van der Waals surface area contributed by atoms with E-state index in [-0.39, 0.29) is 27.9 Å². The van der Waals surface area contributed by atoms with Gasteiger partial charge in [-0.3, -0.25) is 9.88 Å². The number of hydrogen-bond acceptors (Lipinski definition) is 7. The first kappa shape index (κ1) is 32.0. The second-order valence-corrected chi connectivity index (χ2v) is 13.6. The minimum atomic E-state index is -0.631. The number of piperidine rings is 1. The Balaban J connectivity index is 1.37. The molecule has 1 aliphatic rings. The minimum Gasteiger partial charge on any atom is -0.373 e. The van der Waals surface area contributed by atoms with Crippen LogP contribution in [-0.4, -0.2) is 43.5 Å². The molecule has 0 aliphatic carbocycles. The maximum atomic E-state index is 14.9. The van der Waals surface area contributed by atoms with Gasteiger partial charge in [0.1, 0.15) is 11.8 Å². The fourth-order valence-electron chi connectivity index (χ4n) is 5.85. The lowest BCUT2D eigenvalue weighted by Crippen LogP contribution is -2.46. The van der Waals surface area contributed by atoms with Crippen LogP contribution in [0.25, 0.3) is 10.9 Å². The number of likely N-dealkylation sites (tertiary alicyclic amines) is 1. The Morgan fingerprint density at radius 3 is 2.46 bits per heavy atom. The molecule has 2 N–H and O–H groups in total. The summed E-state index contributed by atoms with van der Waals surface area (Å²) in [6.07, 6.45) is 5.37. The van der Waals surface area contributed by atoms with Crippen LogP contribution in [0.1, 0.15) is 62.5 Å². The first-order chi connectivity index (χ1) is 22.0. The van der Waals surface area contributed by atoms with Gasteiger partial charge in [-0.15, -0.1) is 5.10 Å². The number of rotatable bonds is 7. The van der Waals surface area contributed by atoms with E-state index in [1.54, 1.807) is 18.2 Å². The molecule has 5 aromatic rings. The van der Waals surface area contributed by atoms with Gasteiger partial charge < -0.3 is 10.6 Å². The number of hydrogen-bond donors (Lipinski definition) is 2. The molecule has 1 aliphatic heterocycles. The van der Waals surface area contributed by atoms with Crippen LogP contribution >= 0.6 is 34.8 Å². The molecule has 12 heteroatoms. The number of nitriles is 1. The molecule has 0 bridgehead atoms.